The zero-order chi connectivity index (χ0) is 17.6. The van der Waals surface area contributed by atoms with Crippen LogP contribution in [0.5, 0.6) is 0 Å². The van der Waals surface area contributed by atoms with E-state index in [1.807, 2.05) is 36.4 Å². The van der Waals surface area contributed by atoms with Crippen LogP contribution < -0.4 is 5.14 Å². The number of fused-ring (bicyclic) bond motifs is 2. The molecular weight excluding hydrogens is 398 g/mol. The molecule has 25 heavy (non-hydrogen) atoms. The van der Waals surface area contributed by atoms with E-state index in [1.54, 1.807) is 0 Å². The normalized spacial score (nSPS) is 14.5. The van der Waals surface area contributed by atoms with E-state index in [-0.39, 0.29) is 4.90 Å². The molecule has 1 aliphatic carbocycles. The van der Waals surface area contributed by atoms with Crippen molar-refractivity contribution in [2.24, 2.45) is 5.14 Å². The summed E-state index contributed by atoms with van der Waals surface area (Å²) in [7, 11) is -3.87. The number of nitrogens with two attached hydrogens (primary N) is 1. The van der Waals surface area contributed by atoms with Gasteiger partial charge in [0.2, 0.25) is 10.0 Å². The number of hydrogen-bond donors (Lipinski definition) is 1. The molecule has 3 aromatic carbocycles. The average Bonchev–Trinajstić information content (AvgIpc) is 2.60. The number of halogens is 1. The Morgan fingerprint density at radius 2 is 1.56 bits per heavy atom. The Kier molecular flexibility index (Phi) is 4.18. The number of aryl methyl sites for hydroxylation is 2. The Hall–Kier alpha value is -1.69. The van der Waals surface area contributed by atoms with Crippen LogP contribution in [0.3, 0.4) is 0 Å². The predicted molar refractivity (Wildman–Crippen MR) is 105 cm³/mol. The Bertz CT molecular complexity index is 1090. The molecule has 0 spiro atoms. The summed E-state index contributed by atoms with van der Waals surface area (Å²) >= 11 is 3.59. The third-order valence-electron chi connectivity index (χ3n) is 4.89. The highest BCUT2D eigenvalue weighted by Gasteiger charge is 2.21. The Morgan fingerprint density at radius 1 is 0.880 bits per heavy atom. The molecule has 0 saturated carbocycles. The Morgan fingerprint density at radius 3 is 2.28 bits per heavy atom. The second kappa shape index (κ2) is 6.24. The van der Waals surface area contributed by atoms with Crippen LogP contribution in [-0.4, -0.2) is 8.42 Å². The van der Waals surface area contributed by atoms with Crippen molar-refractivity contribution in [3.8, 4) is 11.1 Å². The summed E-state index contributed by atoms with van der Waals surface area (Å²) in [6.45, 7) is 0. The van der Waals surface area contributed by atoms with Gasteiger partial charge in [-0.1, -0.05) is 58.4 Å². The van der Waals surface area contributed by atoms with Crippen molar-refractivity contribution in [1.29, 1.82) is 0 Å². The summed E-state index contributed by atoms with van der Waals surface area (Å²) in [5.74, 6) is 0. The van der Waals surface area contributed by atoms with Crippen molar-refractivity contribution < 1.29 is 8.42 Å². The molecule has 0 saturated heterocycles. The van der Waals surface area contributed by atoms with Crippen LogP contribution >= 0.6 is 15.9 Å². The van der Waals surface area contributed by atoms with E-state index in [2.05, 4.69) is 28.1 Å². The van der Waals surface area contributed by atoms with Gasteiger partial charge >= 0.3 is 0 Å². The molecule has 3 aromatic rings. The minimum atomic E-state index is -3.87. The molecule has 0 bridgehead atoms. The van der Waals surface area contributed by atoms with Gasteiger partial charge in [-0.15, -0.1) is 0 Å². The fraction of sp³-hybridized carbons (Fsp3) is 0.200. The lowest BCUT2D eigenvalue weighted by molar-refractivity contribution is 0.599. The van der Waals surface area contributed by atoms with E-state index in [1.165, 1.54) is 24.0 Å². The molecule has 0 radical (unpaired) electrons. The molecule has 0 fully saturated rings. The van der Waals surface area contributed by atoms with Crippen molar-refractivity contribution in [3.05, 3.63) is 64.1 Å². The second-order valence-corrected chi connectivity index (χ2v) is 8.87. The maximum absolute atomic E-state index is 12.4. The van der Waals surface area contributed by atoms with E-state index >= 15 is 0 Å². The van der Waals surface area contributed by atoms with Crippen LogP contribution in [0.25, 0.3) is 21.9 Å². The molecule has 2 N–H and O–H groups in total. The van der Waals surface area contributed by atoms with Crippen LogP contribution in [0.15, 0.2) is 57.9 Å². The van der Waals surface area contributed by atoms with Crippen molar-refractivity contribution in [1.82, 2.24) is 0 Å². The summed E-state index contributed by atoms with van der Waals surface area (Å²) in [4.78, 5) is 0.196. The quantitative estimate of drug-likeness (QED) is 0.653. The van der Waals surface area contributed by atoms with E-state index in [4.69, 9.17) is 5.14 Å². The first-order chi connectivity index (χ1) is 11.9. The first kappa shape index (κ1) is 16.8. The molecule has 0 aliphatic heterocycles. The maximum atomic E-state index is 12.4. The van der Waals surface area contributed by atoms with E-state index < -0.39 is 10.0 Å². The number of sulfonamides is 1. The van der Waals surface area contributed by atoms with E-state index in [0.29, 0.717) is 10.9 Å². The average molecular weight is 416 g/mol. The summed E-state index contributed by atoms with van der Waals surface area (Å²) in [5.41, 5.74) is 4.23. The molecule has 0 amide bonds. The second-order valence-electron chi connectivity index (χ2n) is 6.52. The monoisotopic (exact) mass is 415 g/mol. The molecule has 0 heterocycles. The lowest BCUT2D eigenvalue weighted by Gasteiger charge is -2.18. The number of benzene rings is 3. The molecule has 0 unspecified atom stereocenters. The number of primary sulfonamides is 1. The molecule has 5 heteroatoms. The highest BCUT2D eigenvalue weighted by atomic mass is 79.9. The smallest absolute Gasteiger partial charge is 0.225 e. The summed E-state index contributed by atoms with van der Waals surface area (Å²) in [6.07, 6.45) is 4.54. The first-order valence-corrected chi connectivity index (χ1v) is 10.7. The summed E-state index contributed by atoms with van der Waals surface area (Å²) in [5, 5.41) is 7.09. The minimum absolute atomic E-state index is 0.196. The minimum Gasteiger partial charge on any atom is -0.225 e. The van der Waals surface area contributed by atoms with Crippen molar-refractivity contribution >= 4 is 36.7 Å². The fourth-order valence-corrected chi connectivity index (χ4v) is 5.27. The number of rotatable bonds is 2. The highest BCUT2D eigenvalue weighted by Crippen LogP contribution is 2.38. The molecule has 0 atom stereocenters. The van der Waals surface area contributed by atoms with Gasteiger partial charge in [-0.05, 0) is 53.8 Å². The zero-order valence-corrected chi connectivity index (χ0v) is 16.0. The summed E-state index contributed by atoms with van der Waals surface area (Å²) < 4.78 is 25.7. The standard InChI is InChI=1S/C20H18BrNO2S/c21-19-12-18(15-10-9-13-5-1-2-6-14(13)11-15)20(25(22,23)24)17-8-4-3-7-16(17)19/h3-4,7-12H,1-2,5-6H2,(H2,22,23,24). The topological polar surface area (TPSA) is 60.2 Å². The third-order valence-corrected chi connectivity index (χ3v) is 6.55. The lowest BCUT2D eigenvalue weighted by Crippen LogP contribution is -2.14. The Balaban J connectivity index is 2.05. The van der Waals surface area contributed by atoms with Crippen LogP contribution in [0, 0.1) is 0 Å². The zero-order valence-electron chi connectivity index (χ0n) is 13.6. The van der Waals surface area contributed by atoms with Gasteiger partial charge in [-0.3, -0.25) is 0 Å². The largest absolute Gasteiger partial charge is 0.239 e. The van der Waals surface area contributed by atoms with Gasteiger partial charge < -0.3 is 0 Å². The Labute approximate surface area is 156 Å². The fourth-order valence-electron chi connectivity index (χ4n) is 3.73. The SMILES string of the molecule is NS(=O)(=O)c1c(-c2ccc3c(c2)CCCC3)cc(Br)c2ccccc12. The number of hydrogen-bond acceptors (Lipinski definition) is 2. The molecular formula is C20H18BrNO2S. The van der Waals surface area contributed by atoms with E-state index in [0.717, 1.165) is 28.3 Å². The van der Waals surface area contributed by atoms with Gasteiger partial charge in [0.25, 0.3) is 0 Å². The molecule has 0 aromatic heterocycles. The van der Waals surface area contributed by atoms with Crippen molar-refractivity contribution in [3.63, 3.8) is 0 Å². The molecule has 128 valence electrons. The molecule has 1 aliphatic rings. The van der Waals surface area contributed by atoms with Crippen LogP contribution in [0.2, 0.25) is 0 Å². The van der Waals surface area contributed by atoms with Crippen LogP contribution in [0.1, 0.15) is 24.0 Å². The van der Waals surface area contributed by atoms with Gasteiger partial charge in [0, 0.05) is 15.4 Å². The van der Waals surface area contributed by atoms with Gasteiger partial charge in [0.1, 0.15) is 0 Å². The van der Waals surface area contributed by atoms with E-state index in [9.17, 15) is 8.42 Å². The maximum Gasteiger partial charge on any atom is 0.239 e. The predicted octanol–water partition coefficient (Wildman–Crippen LogP) is 4.80. The van der Waals surface area contributed by atoms with Gasteiger partial charge in [0.05, 0.1) is 4.90 Å². The lowest BCUT2D eigenvalue weighted by atomic mass is 9.89. The molecule has 3 nitrogen and oxygen atoms in total. The first-order valence-electron chi connectivity index (χ1n) is 8.31. The summed E-state index contributed by atoms with van der Waals surface area (Å²) in [6, 6.07) is 15.5. The van der Waals surface area contributed by atoms with Gasteiger partial charge in [-0.2, -0.15) is 0 Å². The van der Waals surface area contributed by atoms with Crippen LogP contribution in [-0.2, 0) is 22.9 Å². The third kappa shape index (κ3) is 3.01. The van der Waals surface area contributed by atoms with Gasteiger partial charge in [0.15, 0.2) is 0 Å². The highest BCUT2D eigenvalue weighted by molar-refractivity contribution is 9.10. The van der Waals surface area contributed by atoms with Crippen molar-refractivity contribution in [2.45, 2.75) is 30.6 Å². The molecule has 4 rings (SSSR count). The van der Waals surface area contributed by atoms with Gasteiger partial charge in [-0.25, -0.2) is 13.6 Å². The van der Waals surface area contributed by atoms with Crippen LogP contribution in [0.4, 0.5) is 0 Å². The van der Waals surface area contributed by atoms with Crippen molar-refractivity contribution in [2.75, 3.05) is 0 Å².